The number of dihydropyridines is 1. The molecule has 4 rings (SSSR count). The van der Waals surface area contributed by atoms with Crippen LogP contribution in [0.2, 0.25) is 0 Å². The second-order valence-electron chi connectivity index (χ2n) is 7.52. The van der Waals surface area contributed by atoms with Crippen LogP contribution < -0.4 is 10.6 Å². The number of benzene rings is 1. The highest BCUT2D eigenvalue weighted by molar-refractivity contribution is 6.02. The highest BCUT2D eigenvalue weighted by Gasteiger charge is 2.54. The summed E-state index contributed by atoms with van der Waals surface area (Å²) in [5, 5.41) is 14.3. The molecule has 27 heavy (non-hydrogen) atoms. The van der Waals surface area contributed by atoms with Crippen molar-refractivity contribution in [3.8, 4) is 0 Å². The number of rotatable bonds is 2. The summed E-state index contributed by atoms with van der Waals surface area (Å²) in [6.07, 6.45) is -4.05. The first-order valence-electron chi connectivity index (χ1n) is 8.75. The highest BCUT2D eigenvalue weighted by Crippen LogP contribution is 2.52. The topological polar surface area (TPSA) is 65.8 Å². The molecule has 0 fully saturated rings. The summed E-state index contributed by atoms with van der Waals surface area (Å²) in [5.41, 5.74) is -0.145. The summed E-state index contributed by atoms with van der Waals surface area (Å²) in [5.74, 6) is 0.248. The molecule has 0 spiro atoms. The number of hydrogen-bond acceptors (Lipinski definition) is 4. The Morgan fingerprint density at radius 3 is 2.67 bits per heavy atom. The maximum atomic E-state index is 13.3. The molecule has 0 bridgehead atoms. The van der Waals surface area contributed by atoms with Crippen molar-refractivity contribution in [2.24, 2.45) is 10.2 Å². The maximum absolute atomic E-state index is 13.3. The molecule has 0 aliphatic carbocycles. The largest absolute Gasteiger partial charge is 0.416 e. The lowest BCUT2D eigenvalue weighted by atomic mass is 9.64. The van der Waals surface area contributed by atoms with Gasteiger partial charge in [-0.05, 0) is 31.9 Å². The van der Waals surface area contributed by atoms with E-state index in [2.05, 4.69) is 20.9 Å². The number of hydrogen-bond donors (Lipinski definition) is 2. The Hall–Kier alpha value is -2.64. The number of nitrogens with zero attached hydrogens (tertiary/aromatic N) is 2. The van der Waals surface area contributed by atoms with E-state index >= 15 is 0 Å². The predicted octanol–water partition coefficient (Wildman–Crippen LogP) is 3.80. The average molecular weight is 376 g/mol. The van der Waals surface area contributed by atoms with Crippen molar-refractivity contribution in [3.05, 3.63) is 58.1 Å². The van der Waals surface area contributed by atoms with Crippen molar-refractivity contribution in [1.29, 1.82) is 0 Å². The first kappa shape index (κ1) is 17.8. The zero-order valence-corrected chi connectivity index (χ0v) is 15.2. The fourth-order valence-corrected chi connectivity index (χ4v) is 4.35. The monoisotopic (exact) mass is 376 g/mol. The Balaban J connectivity index is 2.01. The summed E-state index contributed by atoms with van der Waals surface area (Å²) in [6.45, 7) is 5.82. The lowest BCUT2D eigenvalue weighted by Gasteiger charge is -2.40. The Kier molecular flexibility index (Phi) is 3.57. The van der Waals surface area contributed by atoms with Crippen molar-refractivity contribution < 1.29 is 18.0 Å². The van der Waals surface area contributed by atoms with Crippen molar-refractivity contribution in [2.45, 2.75) is 44.3 Å². The SMILES string of the molecule is CCC1(c2cccc(C(F)(F)F)c2)C2=C(N=NC2)NC2=C1C(=O)NC2(C)C. The van der Waals surface area contributed by atoms with Gasteiger partial charge < -0.3 is 10.6 Å². The summed E-state index contributed by atoms with van der Waals surface area (Å²) >= 11 is 0. The molecular formula is C19H19F3N4O. The van der Waals surface area contributed by atoms with Crippen LogP contribution in [0, 0.1) is 0 Å². The number of alkyl halides is 3. The van der Waals surface area contributed by atoms with Gasteiger partial charge in [-0.3, -0.25) is 4.79 Å². The van der Waals surface area contributed by atoms with Gasteiger partial charge in [0.1, 0.15) is 0 Å². The van der Waals surface area contributed by atoms with Crippen LogP contribution in [-0.2, 0) is 16.4 Å². The molecule has 2 N–H and O–H groups in total. The van der Waals surface area contributed by atoms with Gasteiger partial charge in [0.2, 0.25) is 0 Å². The van der Waals surface area contributed by atoms with Crippen molar-refractivity contribution in [1.82, 2.24) is 10.6 Å². The Morgan fingerprint density at radius 2 is 2.00 bits per heavy atom. The zero-order valence-electron chi connectivity index (χ0n) is 15.2. The van der Waals surface area contributed by atoms with E-state index in [9.17, 15) is 18.0 Å². The molecule has 1 aromatic rings. The second-order valence-corrected chi connectivity index (χ2v) is 7.52. The summed E-state index contributed by atoms with van der Waals surface area (Å²) in [6, 6.07) is 5.22. The van der Waals surface area contributed by atoms with E-state index < -0.39 is 22.7 Å². The molecule has 1 aromatic carbocycles. The van der Waals surface area contributed by atoms with Gasteiger partial charge >= 0.3 is 6.18 Å². The lowest BCUT2D eigenvalue weighted by molar-refractivity contribution is -0.137. The third-order valence-corrected chi connectivity index (χ3v) is 5.61. The van der Waals surface area contributed by atoms with Crippen LogP contribution in [0.1, 0.15) is 38.3 Å². The van der Waals surface area contributed by atoms with Crippen molar-refractivity contribution in [3.63, 3.8) is 0 Å². The van der Waals surface area contributed by atoms with E-state index in [-0.39, 0.29) is 12.5 Å². The molecular weight excluding hydrogens is 357 g/mol. The predicted molar refractivity (Wildman–Crippen MR) is 92.5 cm³/mol. The fraction of sp³-hybridized carbons (Fsp3) is 0.421. The van der Waals surface area contributed by atoms with Crippen LogP contribution in [-0.4, -0.2) is 18.0 Å². The molecule has 3 aliphatic heterocycles. The minimum atomic E-state index is -4.46. The molecule has 0 aromatic heterocycles. The van der Waals surface area contributed by atoms with Crippen LogP contribution in [0.3, 0.4) is 0 Å². The summed E-state index contributed by atoms with van der Waals surface area (Å²) in [4.78, 5) is 12.9. The number of nitrogens with one attached hydrogen (secondary N) is 2. The molecule has 0 radical (unpaired) electrons. The molecule has 3 heterocycles. The highest BCUT2D eigenvalue weighted by atomic mass is 19.4. The molecule has 1 atom stereocenters. The van der Waals surface area contributed by atoms with Gasteiger partial charge in [0.25, 0.3) is 5.91 Å². The first-order valence-corrected chi connectivity index (χ1v) is 8.75. The van der Waals surface area contributed by atoms with E-state index in [1.54, 1.807) is 6.07 Å². The first-order chi connectivity index (χ1) is 12.6. The van der Waals surface area contributed by atoms with Gasteiger partial charge in [-0.2, -0.15) is 18.3 Å². The van der Waals surface area contributed by atoms with E-state index in [0.717, 1.165) is 17.7 Å². The van der Waals surface area contributed by atoms with Gasteiger partial charge in [-0.1, -0.05) is 25.1 Å². The molecule has 142 valence electrons. The third kappa shape index (κ3) is 2.35. The zero-order chi connectivity index (χ0) is 19.6. The Morgan fingerprint density at radius 1 is 1.26 bits per heavy atom. The van der Waals surface area contributed by atoms with E-state index in [0.29, 0.717) is 29.1 Å². The number of halogens is 3. The van der Waals surface area contributed by atoms with E-state index in [1.165, 1.54) is 6.07 Å². The molecule has 0 saturated heterocycles. The van der Waals surface area contributed by atoms with Gasteiger partial charge in [0.05, 0.1) is 34.3 Å². The second kappa shape index (κ2) is 5.43. The average Bonchev–Trinajstić information content (AvgIpc) is 3.15. The van der Waals surface area contributed by atoms with Gasteiger partial charge in [0, 0.05) is 5.57 Å². The van der Waals surface area contributed by atoms with Crippen molar-refractivity contribution >= 4 is 5.91 Å². The minimum Gasteiger partial charge on any atom is -0.342 e. The molecule has 1 amide bonds. The smallest absolute Gasteiger partial charge is 0.342 e. The van der Waals surface area contributed by atoms with Gasteiger partial charge in [-0.25, -0.2) is 0 Å². The summed E-state index contributed by atoms with van der Waals surface area (Å²) < 4.78 is 40.0. The van der Waals surface area contributed by atoms with E-state index in [1.807, 2.05) is 20.8 Å². The third-order valence-electron chi connectivity index (χ3n) is 5.61. The Bertz CT molecular complexity index is 943. The number of carbonyl (C=O) groups is 1. The standard InChI is InChI=1S/C19H19F3N4O/c1-4-18(10-6-5-7-11(8-10)19(20,21)22)12-9-23-26-15(12)24-14-13(18)16(27)25-17(14,2)3/h5-8,24H,4,9H2,1-3H3,(H,25,27). The fourth-order valence-electron chi connectivity index (χ4n) is 4.35. The number of azo groups is 1. The maximum Gasteiger partial charge on any atom is 0.416 e. The van der Waals surface area contributed by atoms with Crippen LogP contribution in [0.25, 0.3) is 0 Å². The molecule has 5 nitrogen and oxygen atoms in total. The Labute approximate surface area is 154 Å². The van der Waals surface area contributed by atoms with Gasteiger partial charge in [-0.15, -0.1) is 5.11 Å². The van der Waals surface area contributed by atoms with Crippen LogP contribution >= 0.6 is 0 Å². The van der Waals surface area contributed by atoms with Crippen LogP contribution in [0.4, 0.5) is 13.2 Å². The van der Waals surface area contributed by atoms with Crippen molar-refractivity contribution in [2.75, 3.05) is 6.54 Å². The van der Waals surface area contributed by atoms with Crippen LogP contribution in [0.5, 0.6) is 0 Å². The lowest BCUT2D eigenvalue weighted by Crippen LogP contribution is -2.43. The molecule has 1 unspecified atom stereocenters. The van der Waals surface area contributed by atoms with E-state index in [4.69, 9.17) is 0 Å². The number of carbonyl (C=O) groups excluding carboxylic acids is 1. The minimum absolute atomic E-state index is 0.247. The summed E-state index contributed by atoms with van der Waals surface area (Å²) in [7, 11) is 0. The number of amides is 1. The molecule has 8 heteroatoms. The molecule has 0 saturated carbocycles. The van der Waals surface area contributed by atoms with Crippen LogP contribution in [0.15, 0.2) is 57.2 Å². The quantitative estimate of drug-likeness (QED) is 0.825. The molecule has 3 aliphatic rings. The normalized spacial score (nSPS) is 26.1. The van der Waals surface area contributed by atoms with Gasteiger partial charge in [0.15, 0.2) is 5.82 Å².